The molecule has 0 saturated heterocycles. The van der Waals surface area contributed by atoms with Crippen molar-refractivity contribution in [3.05, 3.63) is 123 Å². The first-order chi connectivity index (χ1) is 18.5. The summed E-state index contributed by atoms with van der Waals surface area (Å²) in [7, 11) is 0. The van der Waals surface area contributed by atoms with E-state index in [9.17, 15) is 31.1 Å². The van der Waals surface area contributed by atoms with Crippen molar-refractivity contribution in [1.82, 2.24) is 9.66 Å². The second-order valence-electron chi connectivity index (χ2n) is 8.76. The standard InChI is InChI=1S/C28H19F6N3OS/c29-27(30,31)20-11-7-18(8-12-20)16-36(17-19-9-13-21(14-10-19)28(32,33)34)37-25(24-6-3-15-39-24)35-23-5-2-1-4-22(23)26(37)38/h1-15H,16-17H2. The predicted molar refractivity (Wildman–Crippen MR) is 138 cm³/mol. The number of rotatable bonds is 6. The molecule has 4 nitrogen and oxygen atoms in total. The van der Waals surface area contributed by atoms with E-state index < -0.39 is 29.0 Å². The number of thiophene rings is 1. The van der Waals surface area contributed by atoms with Gasteiger partial charge in [0.15, 0.2) is 5.82 Å². The van der Waals surface area contributed by atoms with E-state index in [0.717, 1.165) is 24.3 Å². The van der Waals surface area contributed by atoms with E-state index >= 15 is 0 Å². The molecule has 0 spiro atoms. The lowest BCUT2D eigenvalue weighted by Crippen LogP contribution is -2.42. The molecule has 0 aliphatic heterocycles. The molecule has 0 amide bonds. The fourth-order valence-electron chi connectivity index (χ4n) is 4.17. The van der Waals surface area contributed by atoms with E-state index in [1.54, 1.807) is 41.4 Å². The van der Waals surface area contributed by atoms with Crippen LogP contribution in [0.15, 0.2) is 95.1 Å². The van der Waals surface area contributed by atoms with Crippen molar-refractivity contribution in [2.45, 2.75) is 25.4 Å². The van der Waals surface area contributed by atoms with Gasteiger partial charge in [-0.05, 0) is 59.0 Å². The fraction of sp³-hybridized carbons (Fsp3) is 0.143. The van der Waals surface area contributed by atoms with Gasteiger partial charge in [0.25, 0.3) is 5.56 Å². The Balaban J connectivity index is 1.64. The second kappa shape index (κ2) is 10.2. The van der Waals surface area contributed by atoms with Gasteiger partial charge in [-0.15, -0.1) is 11.3 Å². The molecule has 2 heterocycles. The molecule has 0 aliphatic rings. The van der Waals surface area contributed by atoms with E-state index in [1.807, 2.05) is 5.38 Å². The van der Waals surface area contributed by atoms with E-state index in [-0.39, 0.29) is 13.1 Å². The van der Waals surface area contributed by atoms with E-state index in [4.69, 9.17) is 4.98 Å². The van der Waals surface area contributed by atoms with Gasteiger partial charge in [0.05, 0.1) is 40.0 Å². The Labute approximate surface area is 222 Å². The number of fused-ring (bicyclic) bond motifs is 1. The van der Waals surface area contributed by atoms with Crippen molar-refractivity contribution in [2.75, 3.05) is 5.01 Å². The Morgan fingerprint density at radius 3 is 1.74 bits per heavy atom. The third-order valence-corrected chi connectivity index (χ3v) is 6.94. The van der Waals surface area contributed by atoms with Crippen LogP contribution in [-0.4, -0.2) is 9.66 Å². The zero-order valence-corrected chi connectivity index (χ0v) is 20.8. The van der Waals surface area contributed by atoms with Crippen LogP contribution in [0, 0.1) is 0 Å². The summed E-state index contributed by atoms with van der Waals surface area (Å²) < 4.78 is 80.1. The molecular weight excluding hydrogens is 540 g/mol. The van der Waals surface area contributed by atoms with Crippen molar-refractivity contribution >= 4 is 22.2 Å². The van der Waals surface area contributed by atoms with Crippen molar-refractivity contribution in [2.24, 2.45) is 0 Å². The lowest BCUT2D eigenvalue weighted by Gasteiger charge is -2.29. The number of alkyl halides is 6. The molecule has 0 fully saturated rings. The third-order valence-electron chi connectivity index (χ3n) is 6.07. The summed E-state index contributed by atoms with van der Waals surface area (Å²) in [5.41, 5.74) is -0.651. The lowest BCUT2D eigenvalue weighted by molar-refractivity contribution is -0.138. The Morgan fingerprint density at radius 1 is 0.718 bits per heavy atom. The summed E-state index contributed by atoms with van der Waals surface area (Å²) >= 11 is 1.35. The van der Waals surface area contributed by atoms with Gasteiger partial charge >= 0.3 is 12.4 Å². The molecule has 0 N–H and O–H groups in total. The molecule has 2 aromatic heterocycles. The van der Waals surface area contributed by atoms with E-state index in [1.165, 1.54) is 40.3 Å². The highest BCUT2D eigenvalue weighted by atomic mass is 32.1. The second-order valence-corrected chi connectivity index (χ2v) is 9.71. The summed E-state index contributed by atoms with van der Waals surface area (Å²) in [5.74, 6) is 0.313. The molecule has 0 aliphatic carbocycles. The van der Waals surface area contributed by atoms with Gasteiger partial charge in [0.1, 0.15) is 0 Å². The van der Waals surface area contributed by atoms with Crippen molar-refractivity contribution in [3.8, 4) is 10.7 Å². The molecule has 0 radical (unpaired) electrons. The van der Waals surface area contributed by atoms with Gasteiger partial charge in [-0.2, -0.15) is 26.3 Å². The van der Waals surface area contributed by atoms with Crippen LogP contribution in [-0.2, 0) is 25.4 Å². The quantitative estimate of drug-likeness (QED) is 0.202. The number of para-hydroxylation sites is 1. The lowest BCUT2D eigenvalue weighted by atomic mass is 10.1. The monoisotopic (exact) mass is 559 g/mol. The van der Waals surface area contributed by atoms with Crippen LogP contribution in [0.25, 0.3) is 21.6 Å². The van der Waals surface area contributed by atoms with Gasteiger partial charge in [0, 0.05) is 0 Å². The Hall–Kier alpha value is -4.12. The zero-order chi connectivity index (χ0) is 27.8. The van der Waals surface area contributed by atoms with E-state index in [2.05, 4.69) is 0 Å². The molecule has 39 heavy (non-hydrogen) atoms. The number of nitrogens with zero attached hydrogens (tertiary/aromatic N) is 3. The van der Waals surface area contributed by atoms with Gasteiger partial charge in [-0.25, -0.2) is 9.66 Å². The predicted octanol–water partition coefficient (Wildman–Crippen LogP) is 7.50. The maximum Gasteiger partial charge on any atom is 0.416 e. The molecule has 5 rings (SSSR count). The van der Waals surface area contributed by atoms with Crippen LogP contribution < -0.4 is 10.6 Å². The van der Waals surface area contributed by atoms with E-state index in [0.29, 0.717) is 32.7 Å². The number of aromatic nitrogens is 2. The Morgan fingerprint density at radius 2 is 1.26 bits per heavy atom. The van der Waals surface area contributed by atoms with Gasteiger partial charge in [0.2, 0.25) is 0 Å². The SMILES string of the molecule is O=c1c2ccccc2nc(-c2cccs2)n1N(Cc1ccc(C(F)(F)F)cc1)Cc1ccc(C(F)(F)F)cc1. The molecule has 3 aromatic carbocycles. The highest BCUT2D eigenvalue weighted by molar-refractivity contribution is 7.13. The van der Waals surface area contributed by atoms with Crippen molar-refractivity contribution < 1.29 is 26.3 Å². The zero-order valence-electron chi connectivity index (χ0n) is 20.0. The fourth-order valence-corrected chi connectivity index (χ4v) is 4.87. The highest BCUT2D eigenvalue weighted by Crippen LogP contribution is 2.31. The Bertz CT molecular complexity index is 1580. The molecule has 11 heteroatoms. The largest absolute Gasteiger partial charge is 0.416 e. The minimum Gasteiger partial charge on any atom is -0.299 e. The number of hydrogen-bond acceptors (Lipinski definition) is 4. The number of halogens is 6. The first-order valence-corrected chi connectivity index (χ1v) is 12.5. The first-order valence-electron chi connectivity index (χ1n) is 11.6. The smallest absolute Gasteiger partial charge is 0.299 e. The third kappa shape index (κ3) is 5.68. The molecule has 200 valence electrons. The van der Waals surface area contributed by atoms with Gasteiger partial charge < -0.3 is 0 Å². The number of hydrogen-bond donors (Lipinski definition) is 0. The van der Waals surface area contributed by atoms with Crippen LogP contribution in [0.5, 0.6) is 0 Å². The minimum absolute atomic E-state index is 0.0164. The van der Waals surface area contributed by atoms with Crippen molar-refractivity contribution in [3.63, 3.8) is 0 Å². The topological polar surface area (TPSA) is 38.1 Å². The summed E-state index contributed by atoms with van der Waals surface area (Å²) in [4.78, 5) is 19.2. The van der Waals surface area contributed by atoms with Crippen LogP contribution in [0.4, 0.5) is 26.3 Å². The molecule has 0 atom stereocenters. The van der Waals surface area contributed by atoms with Crippen LogP contribution in [0.1, 0.15) is 22.3 Å². The van der Waals surface area contributed by atoms with Crippen molar-refractivity contribution in [1.29, 1.82) is 0 Å². The normalized spacial score (nSPS) is 12.2. The molecule has 0 saturated carbocycles. The maximum atomic E-state index is 13.8. The van der Waals surface area contributed by atoms with Gasteiger partial charge in [-0.1, -0.05) is 42.5 Å². The average molecular weight is 560 g/mol. The van der Waals surface area contributed by atoms with Crippen LogP contribution >= 0.6 is 11.3 Å². The average Bonchev–Trinajstić information content (AvgIpc) is 3.43. The number of benzene rings is 3. The summed E-state index contributed by atoms with van der Waals surface area (Å²) in [6, 6.07) is 19.4. The van der Waals surface area contributed by atoms with Crippen LogP contribution in [0.2, 0.25) is 0 Å². The van der Waals surface area contributed by atoms with Crippen LogP contribution in [0.3, 0.4) is 0 Å². The summed E-state index contributed by atoms with van der Waals surface area (Å²) in [6.07, 6.45) is -9.02. The molecule has 5 aromatic rings. The maximum absolute atomic E-state index is 13.8. The highest BCUT2D eigenvalue weighted by Gasteiger charge is 2.31. The summed E-state index contributed by atoms with van der Waals surface area (Å²) in [5, 5.41) is 3.71. The molecule has 0 bridgehead atoms. The Kier molecular flexibility index (Phi) is 6.94. The molecular formula is C28H19F6N3OS. The summed E-state index contributed by atoms with van der Waals surface area (Å²) in [6.45, 7) is -0.0328. The minimum atomic E-state index is -4.51. The molecule has 0 unspecified atom stereocenters. The first kappa shape index (κ1) is 26.5. The van der Waals surface area contributed by atoms with Gasteiger partial charge in [-0.3, -0.25) is 9.80 Å².